The lowest BCUT2D eigenvalue weighted by atomic mass is 10.1. The zero-order valence-electron chi connectivity index (χ0n) is 17.7. The molecule has 1 heterocycles. The number of aromatic nitrogens is 1. The van der Waals surface area contributed by atoms with Gasteiger partial charge in [-0.1, -0.05) is 20.3 Å². The summed E-state index contributed by atoms with van der Waals surface area (Å²) in [6.07, 6.45) is 2.57. The van der Waals surface area contributed by atoms with Crippen molar-refractivity contribution in [3.8, 4) is 11.4 Å². The Bertz CT molecular complexity index is 851. The summed E-state index contributed by atoms with van der Waals surface area (Å²) < 4.78 is 56.6. The molecule has 1 aromatic carbocycles. The molecule has 2 aromatic rings. The van der Waals surface area contributed by atoms with Crippen LogP contribution in [0.2, 0.25) is 0 Å². The normalized spacial score (nSPS) is 12.3. The van der Waals surface area contributed by atoms with E-state index in [1.165, 1.54) is 13.2 Å². The number of rotatable bonds is 11. The Morgan fingerprint density at radius 1 is 1.20 bits per heavy atom. The van der Waals surface area contributed by atoms with Gasteiger partial charge in [-0.05, 0) is 38.0 Å². The summed E-state index contributed by atoms with van der Waals surface area (Å²) in [5.74, 6) is -1.55. The van der Waals surface area contributed by atoms with Crippen LogP contribution in [-0.2, 0) is 22.3 Å². The summed E-state index contributed by atoms with van der Waals surface area (Å²) in [5.41, 5.74) is 1.76. The largest absolute Gasteiger partial charge is 0.465 e. The molecule has 0 N–H and O–H groups in total. The number of halogens is 3. The number of carbonyl (C=O) groups excluding carboxylic acids is 1. The molecule has 1 atom stereocenters. The minimum atomic E-state index is -3.12. The topological polar surface area (TPSA) is 49.7 Å². The van der Waals surface area contributed by atoms with Gasteiger partial charge in [-0.3, -0.25) is 0 Å². The Balaban J connectivity index is 2.58. The highest BCUT2D eigenvalue weighted by atomic mass is 19.3. The van der Waals surface area contributed by atoms with Crippen LogP contribution in [0.15, 0.2) is 24.3 Å². The summed E-state index contributed by atoms with van der Waals surface area (Å²) in [6, 6.07) is 5.10. The number of hydrogen-bond donors (Lipinski definition) is 0. The fraction of sp³-hybridized carbons (Fsp3) is 0.500. The molecule has 0 fully saturated rings. The van der Waals surface area contributed by atoms with E-state index in [-0.39, 0.29) is 17.5 Å². The molecular formula is C22H28F3NO4. The summed E-state index contributed by atoms with van der Waals surface area (Å²) in [5, 5.41) is 0. The maximum atomic E-state index is 13.7. The summed E-state index contributed by atoms with van der Waals surface area (Å²) in [6.45, 7) is 3.28. The molecule has 0 spiro atoms. The van der Waals surface area contributed by atoms with E-state index in [0.29, 0.717) is 36.4 Å². The van der Waals surface area contributed by atoms with E-state index in [1.807, 2.05) is 13.8 Å². The number of benzene rings is 1. The van der Waals surface area contributed by atoms with Crippen LogP contribution >= 0.6 is 0 Å². The molecule has 0 radical (unpaired) electrons. The lowest BCUT2D eigenvalue weighted by Crippen LogP contribution is -2.16. The lowest BCUT2D eigenvalue weighted by molar-refractivity contribution is -0.0500. The zero-order chi connectivity index (χ0) is 22.3. The number of unbranched alkanes of at least 4 members (excludes halogenated alkanes) is 1. The average molecular weight is 427 g/mol. The predicted octanol–water partition coefficient (Wildman–Crippen LogP) is 5.31. The van der Waals surface area contributed by atoms with E-state index in [0.717, 1.165) is 25.0 Å². The molecule has 30 heavy (non-hydrogen) atoms. The molecule has 5 nitrogen and oxygen atoms in total. The van der Waals surface area contributed by atoms with E-state index in [1.54, 1.807) is 10.6 Å². The van der Waals surface area contributed by atoms with Crippen molar-refractivity contribution in [3.05, 3.63) is 47.0 Å². The molecule has 166 valence electrons. The van der Waals surface area contributed by atoms with Crippen molar-refractivity contribution >= 4 is 5.97 Å². The highest BCUT2D eigenvalue weighted by Crippen LogP contribution is 2.32. The molecule has 2 rings (SSSR count). The van der Waals surface area contributed by atoms with E-state index >= 15 is 0 Å². The van der Waals surface area contributed by atoms with Gasteiger partial charge in [0.25, 0.3) is 0 Å². The molecule has 0 aliphatic heterocycles. The van der Waals surface area contributed by atoms with Crippen LogP contribution in [0.25, 0.3) is 5.69 Å². The Morgan fingerprint density at radius 2 is 1.93 bits per heavy atom. The molecule has 8 heteroatoms. The van der Waals surface area contributed by atoms with Crippen LogP contribution < -0.4 is 4.74 Å². The predicted molar refractivity (Wildman–Crippen MR) is 107 cm³/mol. The highest BCUT2D eigenvalue weighted by Gasteiger charge is 2.24. The van der Waals surface area contributed by atoms with Crippen molar-refractivity contribution < 1.29 is 32.2 Å². The monoisotopic (exact) mass is 427 g/mol. The van der Waals surface area contributed by atoms with Gasteiger partial charge < -0.3 is 18.8 Å². The van der Waals surface area contributed by atoms with Crippen LogP contribution in [0, 0.1) is 5.82 Å². The molecule has 1 aromatic heterocycles. The van der Waals surface area contributed by atoms with Gasteiger partial charge in [-0.25, -0.2) is 9.18 Å². The van der Waals surface area contributed by atoms with Crippen LogP contribution in [-0.4, -0.2) is 37.0 Å². The summed E-state index contributed by atoms with van der Waals surface area (Å²) in [7, 11) is 1.28. The average Bonchev–Trinajstić information content (AvgIpc) is 3.05. The Hall–Kier alpha value is -2.48. The van der Waals surface area contributed by atoms with Crippen LogP contribution in [0.5, 0.6) is 5.75 Å². The number of esters is 1. The Morgan fingerprint density at radius 3 is 2.53 bits per heavy atom. The number of nitrogens with zero attached hydrogens (tertiary/aromatic N) is 1. The number of hydrogen-bond acceptors (Lipinski definition) is 4. The first kappa shape index (κ1) is 23.8. The molecule has 0 unspecified atom stereocenters. The van der Waals surface area contributed by atoms with Gasteiger partial charge >= 0.3 is 12.6 Å². The van der Waals surface area contributed by atoms with E-state index in [9.17, 15) is 18.0 Å². The third kappa shape index (κ3) is 5.78. The third-order valence-electron chi connectivity index (χ3n) is 4.69. The quantitative estimate of drug-likeness (QED) is 0.360. The van der Waals surface area contributed by atoms with Crippen LogP contribution in [0.3, 0.4) is 0 Å². The first-order valence-electron chi connectivity index (χ1n) is 10.00. The molecule has 0 bridgehead atoms. The number of ether oxygens (including phenoxy) is 3. The summed E-state index contributed by atoms with van der Waals surface area (Å²) in [4.78, 5) is 12.3. The Kier molecular flexibility index (Phi) is 8.77. The van der Waals surface area contributed by atoms with Gasteiger partial charge in [0.15, 0.2) is 5.75 Å². The van der Waals surface area contributed by atoms with Gasteiger partial charge in [-0.2, -0.15) is 8.78 Å². The van der Waals surface area contributed by atoms with Crippen molar-refractivity contribution in [3.63, 3.8) is 0 Å². The SMILES string of the molecule is CCCCO[C@@H](C)Cc1cc(C(=O)OC)c(CC)n1-c1ccc(F)cc1OC(F)F. The van der Waals surface area contributed by atoms with Gasteiger partial charge in [0.1, 0.15) is 5.82 Å². The van der Waals surface area contributed by atoms with Crippen molar-refractivity contribution in [1.29, 1.82) is 0 Å². The standard InChI is InChI=1S/C22H28F3NO4/c1-5-7-10-29-14(3)11-16-13-17(21(27)28-4)18(6-2)26(16)19-9-8-15(23)12-20(19)30-22(24)25/h8-9,12-14,22H,5-7,10-11H2,1-4H3/t14-/m0/s1. The van der Waals surface area contributed by atoms with E-state index in [2.05, 4.69) is 11.7 Å². The van der Waals surface area contributed by atoms with Crippen molar-refractivity contribution in [2.75, 3.05) is 13.7 Å². The van der Waals surface area contributed by atoms with Gasteiger partial charge in [0.2, 0.25) is 0 Å². The highest BCUT2D eigenvalue weighted by molar-refractivity contribution is 5.91. The molecule has 0 saturated carbocycles. The molecule has 0 saturated heterocycles. The van der Waals surface area contributed by atoms with E-state index in [4.69, 9.17) is 9.47 Å². The lowest BCUT2D eigenvalue weighted by Gasteiger charge is -2.19. The molecular weight excluding hydrogens is 399 g/mol. The Labute approximate surface area is 174 Å². The smallest absolute Gasteiger partial charge is 0.387 e. The maximum Gasteiger partial charge on any atom is 0.387 e. The number of methoxy groups -OCH3 is 1. The van der Waals surface area contributed by atoms with E-state index < -0.39 is 18.4 Å². The minimum absolute atomic E-state index is 0.180. The fourth-order valence-corrected chi connectivity index (χ4v) is 3.34. The minimum Gasteiger partial charge on any atom is -0.465 e. The van der Waals surface area contributed by atoms with Crippen molar-refractivity contribution in [2.45, 2.75) is 59.2 Å². The second-order valence-electron chi connectivity index (χ2n) is 6.91. The van der Waals surface area contributed by atoms with Gasteiger partial charge in [0, 0.05) is 30.5 Å². The molecule has 0 amide bonds. The van der Waals surface area contributed by atoms with Crippen LogP contribution in [0.4, 0.5) is 13.2 Å². The maximum absolute atomic E-state index is 13.7. The first-order chi connectivity index (χ1) is 14.3. The molecule has 0 aliphatic carbocycles. The second-order valence-corrected chi connectivity index (χ2v) is 6.91. The fourth-order valence-electron chi connectivity index (χ4n) is 3.34. The number of alkyl halides is 2. The second kappa shape index (κ2) is 11.1. The van der Waals surface area contributed by atoms with Crippen molar-refractivity contribution in [1.82, 2.24) is 4.57 Å². The first-order valence-corrected chi connectivity index (χ1v) is 10.00. The molecule has 0 aliphatic rings. The number of carbonyl (C=O) groups is 1. The zero-order valence-corrected chi connectivity index (χ0v) is 17.7. The van der Waals surface area contributed by atoms with Gasteiger partial charge in [-0.15, -0.1) is 0 Å². The summed E-state index contributed by atoms with van der Waals surface area (Å²) >= 11 is 0. The third-order valence-corrected chi connectivity index (χ3v) is 4.69. The van der Waals surface area contributed by atoms with Crippen molar-refractivity contribution in [2.24, 2.45) is 0 Å². The van der Waals surface area contributed by atoms with Crippen LogP contribution in [0.1, 0.15) is 55.4 Å². The van der Waals surface area contributed by atoms with Gasteiger partial charge in [0.05, 0.1) is 24.5 Å².